The first-order valence-electron chi connectivity index (χ1n) is 5.05. The van der Waals surface area contributed by atoms with E-state index in [1.54, 1.807) is 0 Å². The van der Waals surface area contributed by atoms with Crippen LogP contribution in [-0.2, 0) is 6.42 Å². The van der Waals surface area contributed by atoms with Crippen LogP contribution in [0.25, 0.3) is 0 Å². The molecule has 2 heterocycles. The summed E-state index contributed by atoms with van der Waals surface area (Å²) in [6.07, 6.45) is 3.67. The number of rotatable bonds is 2. The van der Waals surface area contributed by atoms with Gasteiger partial charge in [0.25, 0.3) is 0 Å². The Kier molecular flexibility index (Phi) is 2.96. The summed E-state index contributed by atoms with van der Waals surface area (Å²) in [5.41, 5.74) is 1.26. The van der Waals surface area contributed by atoms with E-state index in [1.807, 2.05) is 11.3 Å². The van der Waals surface area contributed by atoms with Crippen LogP contribution in [0.4, 0.5) is 0 Å². The van der Waals surface area contributed by atoms with Gasteiger partial charge in [0.05, 0.1) is 10.7 Å². The molecular formula is C10H16N2S. The van der Waals surface area contributed by atoms with E-state index in [2.05, 4.69) is 22.6 Å². The van der Waals surface area contributed by atoms with Crippen molar-refractivity contribution in [2.45, 2.75) is 32.1 Å². The Morgan fingerprint density at radius 2 is 2.62 bits per heavy atom. The Morgan fingerprint density at radius 3 is 3.23 bits per heavy atom. The molecule has 1 aromatic rings. The van der Waals surface area contributed by atoms with E-state index in [4.69, 9.17) is 0 Å². The second-order valence-electron chi connectivity index (χ2n) is 3.57. The molecular weight excluding hydrogens is 180 g/mol. The zero-order valence-corrected chi connectivity index (χ0v) is 8.86. The number of nitrogens with zero attached hydrogens (tertiary/aromatic N) is 1. The lowest BCUT2D eigenvalue weighted by atomic mass is 10.0. The molecule has 1 aromatic heterocycles. The van der Waals surface area contributed by atoms with Gasteiger partial charge >= 0.3 is 0 Å². The summed E-state index contributed by atoms with van der Waals surface area (Å²) >= 11 is 1.83. The summed E-state index contributed by atoms with van der Waals surface area (Å²) in [6, 6.07) is 0. The maximum absolute atomic E-state index is 4.63. The summed E-state index contributed by atoms with van der Waals surface area (Å²) < 4.78 is 0. The van der Waals surface area contributed by atoms with E-state index in [0.29, 0.717) is 5.92 Å². The second-order valence-corrected chi connectivity index (χ2v) is 4.46. The molecule has 1 N–H and O–H groups in total. The minimum Gasteiger partial charge on any atom is -0.316 e. The normalized spacial score (nSPS) is 23.3. The van der Waals surface area contributed by atoms with Gasteiger partial charge in [-0.15, -0.1) is 11.3 Å². The first-order chi connectivity index (χ1) is 6.40. The monoisotopic (exact) mass is 196 g/mol. The second kappa shape index (κ2) is 4.20. The molecule has 72 valence electrons. The summed E-state index contributed by atoms with van der Waals surface area (Å²) in [5, 5.41) is 6.96. The van der Waals surface area contributed by atoms with Crippen molar-refractivity contribution in [3.8, 4) is 0 Å². The highest BCUT2D eigenvalue weighted by atomic mass is 32.1. The van der Waals surface area contributed by atoms with Crippen LogP contribution in [0.15, 0.2) is 5.38 Å². The third-order valence-corrected chi connectivity index (χ3v) is 3.63. The third-order valence-electron chi connectivity index (χ3n) is 2.58. The average Bonchev–Trinajstić information content (AvgIpc) is 2.67. The van der Waals surface area contributed by atoms with Crippen LogP contribution in [0, 0.1) is 0 Å². The highest BCUT2D eigenvalue weighted by Crippen LogP contribution is 2.26. The van der Waals surface area contributed by atoms with Gasteiger partial charge in [-0.2, -0.15) is 0 Å². The van der Waals surface area contributed by atoms with Crippen molar-refractivity contribution in [2.75, 3.05) is 13.1 Å². The number of piperidine rings is 1. The molecule has 1 aliphatic heterocycles. The maximum atomic E-state index is 4.63. The molecule has 0 amide bonds. The first-order valence-corrected chi connectivity index (χ1v) is 5.93. The molecule has 1 saturated heterocycles. The molecule has 3 heteroatoms. The van der Waals surface area contributed by atoms with Crippen LogP contribution in [0.5, 0.6) is 0 Å². The topological polar surface area (TPSA) is 24.9 Å². The Labute approximate surface area is 83.4 Å². The Morgan fingerprint density at radius 1 is 1.69 bits per heavy atom. The zero-order valence-electron chi connectivity index (χ0n) is 8.05. The van der Waals surface area contributed by atoms with Crippen LogP contribution >= 0.6 is 11.3 Å². The molecule has 0 aliphatic carbocycles. The fourth-order valence-electron chi connectivity index (χ4n) is 1.74. The summed E-state index contributed by atoms with van der Waals surface area (Å²) in [4.78, 5) is 4.63. The number of aromatic nitrogens is 1. The molecule has 13 heavy (non-hydrogen) atoms. The van der Waals surface area contributed by atoms with Crippen molar-refractivity contribution in [3.63, 3.8) is 0 Å². The molecule has 0 unspecified atom stereocenters. The van der Waals surface area contributed by atoms with E-state index in [1.165, 1.54) is 30.1 Å². The Hall–Kier alpha value is -0.410. The lowest BCUT2D eigenvalue weighted by Crippen LogP contribution is -2.28. The Bertz CT molecular complexity index is 264. The molecule has 0 radical (unpaired) electrons. The van der Waals surface area contributed by atoms with Gasteiger partial charge in [0.1, 0.15) is 0 Å². The van der Waals surface area contributed by atoms with Crippen molar-refractivity contribution < 1.29 is 0 Å². The van der Waals surface area contributed by atoms with E-state index in [-0.39, 0.29) is 0 Å². The van der Waals surface area contributed by atoms with Gasteiger partial charge in [0.15, 0.2) is 0 Å². The fourth-order valence-corrected chi connectivity index (χ4v) is 2.77. The highest BCUT2D eigenvalue weighted by Gasteiger charge is 2.17. The van der Waals surface area contributed by atoms with Crippen LogP contribution in [0.2, 0.25) is 0 Å². The molecule has 1 atom stereocenters. The van der Waals surface area contributed by atoms with Gasteiger partial charge in [0, 0.05) is 17.8 Å². The quantitative estimate of drug-likeness (QED) is 0.784. The maximum Gasteiger partial charge on any atom is 0.0971 e. The van der Waals surface area contributed by atoms with Crippen molar-refractivity contribution in [1.29, 1.82) is 0 Å². The van der Waals surface area contributed by atoms with Gasteiger partial charge in [0.2, 0.25) is 0 Å². The number of nitrogens with one attached hydrogen (secondary N) is 1. The van der Waals surface area contributed by atoms with E-state index in [9.17, 15) is 0 Å². The predicted molar refractivity (Wildman–Crippen MR) is 56.3 cm³/mol. The van der Waals surface area contributed by atoms with Crippen LogP contribution in [0.3, 0.4) is 0 Å². The van der Waals surface area contributed by atoms with Gasteiger partial charge in [-0.05, 0) is 25.8 Å². The SMILES string of the molecule is CCc1csc([C@H]2CCCNC2)n1. The minimum absolute atomic E-state index is 0.680. The lowest BCUT2D eigenvalue weighted by molar-refractivity contribution is 0.460. The summed E-state index contributed by atoms with van der Waals surface area (Å²) in [6.45, 7) is 4.47. The van der Waals surface area contributed by atoms with E-state index >= 15 is 0 Å². The summed E-state index contributed by atoms with van der Waals surface area (Å²) in [5.74, 6) is 0.680. The smallest absolute Gasteiger partial charge is 0.0971 e. The summed E-state index contributed by atoms with van der Waals surface area (Å²) in [7, 11) is 0. The van der Waals surface area contributed by atoms with Crippen molar-refractivity contribution in [1.82, 2.24) is 10.3 Å². The average molecular weight is 196 g/mol. The predicted octanol–water partition coefficient (Wildman–Crippen LogP) is 2.17. The van der Waals surface area contributed by atoms with Crippen molar-refractivity contribution in [3.05, 3.63) is 16.1 Å². The number of thiazole rings is 1. The third kappa shape index (κ3) is 2.09. The van der Waals surface area contributed by atoms with Crippen LogP contribution in [0.1, 0.15) is 36.4 Å². The molecule has 0 aromatic carbocycles. The molecule has 0 spiro atoms. The van der Waals surface area contributed by atoms with Crippen molar-refractivity contribution in [2.24, 2.45) is 0 Å². The zero-order chi connectivity index (χ0) is 9.10. The lowest BCUT2D eigenvalue weighted by Gasteiger charge is -2.20. The van der Waals surface area contributed by atoms with E-state index in [0.717, 1.165) is 13.0 Å². The minimum atomic E-state index is 0.680. The molecule has 2 nitrogen and oxygen atoms in total. The van der Waals surface area contributed by atoms with Gasteiger partial charge in [-0.3, -0.25) is 0 Å². The molecule has 1 fully saturated rings. The van der Waals surface area contributed by atoms with Crippen LogP contribution < -0.4 is 5.32 Å². The molecule has 2 rings (SSSR count). The highest BCUT2D eigenvalue weighted by molar-refractivity contribution is 7.09. The van der Waals surface area contributed by atoms with Gasteiger partial charge < -0.3 is 5.32 Å². The largest absolute Gasteiger partial charge is 0.316 e. The Balaban J connectivity index is 2.05. The number of hydrogen-bond donors (Lipinski definition) is 1. The van der Waals surface area contributed by atoms with Gasteiger partial charge in [-0.25, -0.2) is 4.98 Å². The first kappa shape index (κ1) is 9.16. The molecule has 0 bridgehead atoms. The number of aryl methyl sites for hydroxylation is 1. The van der Waals surface area contributed by atoms with Crippen molar-refractivity contribution >= 4 is 11.3 Å². The molecule has 1 aliphatic rings. The van der Waals surface area contributed by atoms with Crippen LogP contribution in [-0.4, -0.2) is 18.1 Å². The van der Waals surface area contributed by atoms with E-state index < -0.39 is 0 Å². The molecule has 0 saturated carbocycles. The fraction of sp³-hybridized carbons (Fsp3) is 0.700. The standard InChI is InChI=1S/C10H16N2S/c1-2-9-7-13-10(12-9)8-4-3-5-11-6-8/h7-8,11H,2-6H2,1H3/t8-/m0/s1. The van der Waals surface area contributed by atoms with Gasteiger partial charge in [-0.1, -0.05) is 6.92 Å². The number of hydrogen-bond acceptors (Lipinski definition) is 3.